The molecule has 1 N–H and O–H groups in total. The molecule has 1 saturated carbocycles. The van der Waals surface area contributed by atoms with Crippen molar-refractivity contribution in [3.05, 3.63) is 29.8 Å². The molecule has 1 aromatic carbocycles. The number of rotatable bonds is 7. The van der Waals surface area contributed by atoms with Crippen molar-refractivity contribution in [2.75, 3.05) is 19.7 Å². The maximum absolute atomic E-state index is 5.88. The molecule has 1 fully saturated rings. The zero-order valence-corrected chi connectivity index (χ0v) is 13.3. The molecule has 2 aliphatic rings. The summed E-state index contributed by atoms with van der Waals surface area (Å²) in [5.74, 6) is 3.48. The molecular weight excluding hydrogens is 258 g/mol. The van der Waals surface area contributed by atoms with E-state index in [-0.39, 0.29) is 0 Å². The lowest BCUT2D eigenvalue weighted by Gasteiger charge is -2.26. The van der Waals surface area contributed by atoms with Gasteiger partial charge in [-0.1, -0.05) is 50.8 Å². The summed E-state index contributed by atoms with van der Waals surface area (Å²) in [4.78, 5) is 0. The van der Waals surface area contributed by atoms with Crippen molar-refractivity contribution in [2.45, 2.75) is 51.4 Å². The molecule has 21 heavy (non-hydrogen) atoms. The van der Waals surface area contributed by atoms with Crippen molar-refractivity contribution in [1.82, 2.24) is 5.32 Å². The Morgan fingerprint density at radius 1 is 1.24 bits per heavy atom. The first-order valence-corrected chi connectivity index (χ1v) is 8.81. The maximum Gasteiger partial charge on any atom is 0.122 e. The Balaban J connectivity index is 1.63. The van der Waals surface area contributed by atoms with Gasteiger partial charge in [-0.05, 0) is 43.8 Å². The number of hydrogen-bond donors (Lipinski definition) is 1. The third kappa shape index (κ3) is 3.60. The number of fused-ring (bicyclic) bond motifs is 1. The molecule has 2 unspecified atom stereocenters. The second kappa shape index (κ2) is 7.31. The Morgan fingerprint density at radius 3 is 2.86 bits per heavy atom. The highest BCUT2D eigenvalue weighted by atomic mass is 16.5. The fourth-order valence-electron chi connectivity index (χ4n) is 4.13. The van der Waals surface area contributed by atoms with E-state index in [1.807, 2.05) is 0 Å². The highest BCUT2D eigenvalue weighted by molar-refractivity contribution is 5.39. The summed E-state index contributed by atoms with van der Waals surface area (Å²) in [6.07, 6.45) is 8.27. The third-order valence-electron chi connectivity index (χ3n) is 5.29. The van der Waals surface area contributed by atoms with Gasteiger partial charge in [-0.25, -0.2) is 0 Å². The lowest BCUT2D eigenvalue weighted by molar-refractivity contribution is 0.256. The first-order chi connectivity index (χ1) is 10.4. The Kier molecular flexibility index (Phi) is 5.18. The van der Waals surface area contributed by atoms with Crippen LogP contribution in [0.25, 0.3) is 0 Å². The second-order valence-electron chi connectivity index (χ2n) is 6.79. The van der Waals surface area contributed by atoms with Crippen molar-refractivity contribution in [3.63, 3.8) is 0 Å². The predicted octanol–water partition coefficient (Wildman–Crippen LogP) is 4.36. The maximum atomic E-state index is 5.88. The van der Waals surface area contributed by atoms with Gasteiger partial charge in [-0.3, -0.25) is 0 Å². The SMILES string of the molecule is CCCNCC(CC1COc2ccccc21)C1CCCC1. The van der Waals surface area contributed by atoms with Crippen LogP contribution in [0, 0.1) is 11.8 Å². The molecule has 1 aliphatic carbocycles. The van der Waals surface area contributed by atoms with Crippen LogP contribution in [0.15, 0.2) is 24.3 Å². The van der Waals surface area contributed by atoms with E-state index >= 15 is 0 Å². The molecule has 2 atom stereocenters. The zero-order chi connectivity index (χ0) is 14.5. The molecule has 0 amide bonds. The highest BCUT2D eigenvalue weighted by Crippen LogP contribution is 2.41. The lowest BCUT2D eigenvalue weighted by atomic mass is 9.81. The molecule has 1 aliphatic heterocycles. The smallest absolute Gasteiger partial charge is 0.122 e. The summed E-state index contributed by atoms with van der Waals surface area (Å²) in [5.41, 5.74) is 1.44. The summed E-state index contributed by atoms with van der Waals surface area (Å²) in [5, 5.41) is 3.67. The molecule has 0 radical (unpaired) electrons. The largest absolute Gasteiger partial charge is 0.493 e. The van der Waals surface area contributed by atoms with E-state index in [9.17, 15) is 0 Å². The molecule has 2 heteroatoms. The summed E-state index contributed by atoms with van der Waals surface area (Å²) < 4.78 is 5.88. The van der Waals surface area contributed by atoms with Gasteiger partial charge < -0.3 is 10.1 Å². The quantitative estimate of drug-likeness (QED) is 0.752. The Hall–Kier alpha value is -1.02. The van der Waals surface area contributed by atoms with Gasteiger partial charge in [0.2, 0.25) is 0 Å². The monoisotopic (exact) mass is 287 g/mol. The van der Waals surface area contributed by atoms with Crippen LogP contribution in [0.5, 0.6) is 5.75 Å². The minimum atomic E-state index is 0.607. The number of para-hydroxylation sites is 1. The van der Waals surface area contributed by atoms with E-state index in [0.717, 1.165) is 30.7 Å². The molecule has 2 nitrogen and oxygen atoms in total. The standard InChI is InChI=1S/C19H29NO/c1-2-11-20-13-16(15-7-3-4-8-15)12-17-14-21-19-10-6-5-9-18(17)19/h5-6,9-10,15-17,20H,2-4,7-8,11-14H2,1H3. The minimum Gasteiger partial charge on any atom is -0.493 e. The van der Waals surface area contributed by atoms with Gasteiger partial charge in [-0.2, -0.15) is 0 Å². The van der Waals surface area contributed by atoms with Gasteiger partial charge in [0, 0.05) is 11.5 Å². The van der Waals surface area contributed by atoms with E-state index in [1.165, 1.54) is 50.6 Å². The molecule has 1 aromatic rings. The first-order valence-electron chi connectivity index (χ1n) is 8.81. The molecule has 0 saturated heterocycles. The average molecular weight is 287 g/mol. The van der Waals surface area contributed by atoms with Crippen LogP contribution in [0.4, 0.5) is 0 Å². The summed E-state index contributed by atoms with van der Waals surface area (Å²) in [6.45, 7) is 5.48. The minimum absolute atomic E-state index is 0.607. The predicted molar refractivity (Wildman–Crippen MR) is 87.9 cm³/mol. The second-order valence-corrected chi connectivity index (χ2v) is 6.79. The van der Waals surface area contributed by atoms with Crippen LogP contribution in [0.1, 0.15) is 56.9 Å². The van der Waals surface area contributed by atoms with E-state index in [0.29, 0.717) is 5.92 Å². The molecular formula is C19H29NO. The fourth-order valence-corrected chi connectivity index (χ4v) is 4.13. The lowest BCUT2D eigenvalue weighted by Crippen LogP contribution is -2.29. The molecule has 0 aromatic heterocycles. The van der Waals surface area contributed by atoms with Crippen molar-refractivity contribution >= 4 is 0 Å². The molecule has 0 bridgehead atoms. The van der Waals surface area contributed by atoms with Crippen LogP contribution >= 0.6 is 0 Å². The molecule has 116 valence electrons. The fraction of sp³-hybridized carbons (Fsp3) is 0.684. The van der Waals surface area contributed by atoms with Gasteiger partial charge in [-0.15, -0.1) is 0 Å². The normalized spacial score (nSPS) is 23.0. The van der Waals surface area contributed by atoms with Gasteiger partial charge in [0.25, 0.3) is 0 Å². The molecule has 1 heterocycles. The van der Waals surface area contributed by atoms with Crippen LogP contribution in [-0.4, -0.2) is 19.7 Å². The highest BCUT2D eigenvalue weighted by Gasteiger charge is 2.31. The Bertz CT molecular complexity index is 439. The number of benzene rings is 1. The van der Waals surface area contributed by atoms with Crippen molar-refractivity contribution < 1.29 is 4.74 Å². The number of ether oxygens (including phenoxy) is 1. The van der Waals surface area contributed by atoms with E-state index in [4.69, 9.17) is 4.74 Å². The van der Waals surface area contributed by atoms with E-state index in [1.54, 1.807) is 0 Å². The van der Waals surface area contributed by atoms with Crippen LogP contribution in [0.3, 0.4) is 0 Å². The van der Waals surface area contributed by atoms with Crippen LogP contribution in [0.2, 0.25) is 0 Å². The third-order valence-corrected chi connectivity index (χ3v) is 5.29. The average Bonchev–Trinajstić information content (AvgIpc) is 3.16. The number of nitrogens with one attached hydrogen (secondary N) is 1. The van der Waals surface area contributed by atoms with Gasteiger partial charge >= 0.3 is 0 Å². The van der Waals surface area contributed by atoms with Crippen LogP contribution in [-0.2, 0) is 0 Å². The van der Waals surface area contributed by atoms with E-state index in [2.05, 4.69) is 36.5 Å². The zero-order valence-electron chi connectivity index (χ0n) is 13.3. The molecule has 3 rings (SSSR count). The van der Waals surface area contributed by atoms with Gasteiger partial charge in [0.15, 0.2) is 0 Å². The van der Waals surface area contributed by atoms with Gasteiger partial charge in [0.05, 0.1) is 6.61 Å². The van der Waals surface area contributed by atoms with Crippen molar-refractivity contribution in [2.24, 2.45) is 11.8 Å². The Morgan fingerprint density at radius 2 is 2.05 bits per heavy atom. The summed E-state index contributed by atoms with van der Waals surface area (Å²) >= 11 is 0. The summed E-state index contributed by atoms with van der Waals surface area (Å²) in [7, 11) is 0. The van der Waals surface area contributed by atoms with Gasteiger partial charge in [0.1, 0.15) is 5.75 Å². The number of hydrogen-bond acceptors (Lipinski definition) is 2. The summed E-state index contributed by atoms with van der Waals surface area (Å²) in [6, 6.07) is 8.62. The van der Waals surface area contributed by atoms with Crippen molar-refractivity contribution in [3.8, 4) is 5.75 Å². The molecule has 0 spiro atoms. The Labute approximate surface area is 129 Å². The van der Waals surface area contributed by atoms with Crippen LogP contribution < -0.4 is 10.1 Å². The topological polar surface area (TPSA) is 21.3 Å². The van der Waals surface area contributed by atoms with E-state index < -0.39 is 0 Å². The van der Waals surface area contributed by atoms with Crippen molar-refractivity contribution in [1.29, 1.82) is 0 Å². The first kappa shape index (κ1) is 14.9.